The first kappa shape index (κ1) is 39.2. The number of carboxylic acids is 1. The van der Waals surface area contributed by atoms with Gasteiger partial charge in [0.1, 0.15) is 12.7 Å². The zero-order valence-corrected chi connectivity index (χ0v) is 26.0. The van der Waals surface area contributed by atoms with E-state index in [2.05, 4.69) is 33.4 Å². The van der Waals surface area contributed by atoms with Crippen LogP contribution in [0.5, 0.6) is 0 Å². The summed E-state index contributed by atoms with van der Waals surface area (Å²) in [4.78, 5) is 44.3. The third-order valence-corrected chi connectivity index (χ3v) is 7.22. The van der Waals surface area contributed by atoms with Gasteiger partial charge in [-0.2, -0.15) is 0 Å². The Morgan fingerprint density at radius 1 is 0.756 bits per heavy atom. The first-order valence-corrected chi connectivity index (χ1v) is 16.7. The lowest BCUT2D eigenvalue weighted by atomic mass is 10.1. The van der Waals surface area contributed by atoms with Crippen LogP contribution in [0.1, 0.15) is 123 Å². The van der Waals surface area contributed by atoms with E-state index >= 15 is 0 Å². The van der Waals surface area contributed by atoms with E-state index < -0.39 is 57.6 Å². The molecule has 0 radical (unpaired) electrons. The fraction of sp³-hybridized carbons (Fsp3) is 0.828. The van der Waals surface area contributed by atoms with Crippen molar-refractivity contribution in [1.29, 1.82) is 0 Å². The lowest BCUT2D eigenvalue weighted by molar-refractivity contribution is -0.147. The van der Waals surface area contributed by atoms with Crippen LogP contribution in [-0.2, 0) is 32.7 Å². The second-order valence-electron chi connectivity index (χ2n) is 10.3. The van der Waals surface area contributed by atoms with Gasteiger partial charge in [0.15, 0.2) is 6.04 Å². The first-order valence-electron chi connectivity index (χ1n) is 15.2. The summed E-state index contributed by atoms with van der Waals surface area (Å²) in [6.45, 7) is 2.08. The average Bonchev–Trinajstić information content (AvgIpc) is 2.92. The molecule has 0 aliphatic rings. The molecule has 4 N–H and O–H groups in total. The number of phosphoric acid groups is 1. The van der Waals surface area contributed by atoms with E-state index in [1.54, 1.807) is 6.92 Å². The number of nitrogens with one attached hydrogen (secondary N) is 1. The van der Waals surface area contributed by atoms with Crippen molar-refractivity contribution in [3.8, 4) is 0 Å². The number of amides is 1. The van der Waals surface area contributed by atoms with Crippen molar-refractivity contribution in [1.82, 2.24) is 5.32 Å². The van der Waals surface area contributed by atoms with E-state index in [1.807, 2.05) is 0 Å². The van der Waals surface area contributed by atoms with Crippen molar-refractivity contribution < 1.29 is 47.8 Å². The topological polar surface area (TPSA) is 169 Å². The smallest absolute Gasteiger partial charge is 0.472 e. The summed E-state index contributed by atoms with van der Waals surface area (Å²) >= 11 is 0. The van der Waals surface area contributed by atoms with Crippen LogP contribution in [0.3, 0.4) is 0 Å². The van der Waals surface area contributed by atoms with Gasteiger partial charge in [0.2, 0.25) is 5.91 Å². The number of esters is 1. The Bertz CT molecular complexity index is 777. The number of aliphatic hydroxyl groups is 1. The zero-order chi connectivity index (χ0) is 30.8. The van der Waals surface area contributed by atoms with Gasteiger partial charge in [-0.1, -0.05) is 83.8 Å². The largest absolute Gasteiger partial charge is 0.480 e. The Labute approximate surface area is 246 Å². The molecule has 240 valence electrons. The van der Waals surface area contributed by atoms with E-state index in [1.165, 1.54) is 44.9 Å². The van der Waals surface area contributed by atoms with Crippen LogP contribution in [0.2, 0.25) is 0 Å². The molecular weight excluding hydrogens is 553 g/mol. The number of aliphatic hydroxyl groups excluding tert-OH is 1. The van der Waals surface area contributed by atoms with Crippen molar-refractivity contribution in [2.24, 2.45) is 0 Å². The molecule has 0 aromatic rings. The van der Waals surface area contributed by atoms with Gasteiger partial charge < -0.3 is 25.2 Å². The highest BCUT2D eigenvalue weighted by Crippen LogP contribution is 2.43. The normalized spacial score (nSPS) is 14.4. The number of hydrogen-bond donors (Lipinski definition) is 4. The molecule has 0 aliphatic heterocycles. The SMILES string of the molecule is CCCCCCCCC/C=C\CCCCCCCC(=O)OCC(O)COP(=O)(O)OCC(NC(=O)CCC)C(=O)O. The monoisotopic (exact) mass is 607 g/mol. The summed E-state index contributed by atoms with van der Waals surface area (Å²) in [5, 5.41) is 21.2. The molecule has 3 unspecified atom stereocenters. The van der Waals surface area contributed by atoms with Crippen LogP contribution in [0.15, 0.2) is 12.2 Å². The predicted molar refractivity (Wildman–Crippen MR) is 157 cm³/mol. The fourth-order valence-corrected chi connectivity index (χ4v) is 4.65. The maximum absolute atomic E-state index is 12.0. The fourth-order valence-electron chi connectivity index (χ4n) is 3.88. The van der Waals surface area contributed by atoms with E-state index in [0.717, 1.165) is 38.5 Å². The minimum Gasteiger partial charge on any atom is -0.480 e. The second-order valence-corrected chi connectivity index (χ2v) is 11.7. The van der Waals surface area contributed by atoms with Crippen LogP contribution < -0.4 is 5.32 Å². The Kier molecular flexibility index (Phi) is 24.8. The zero-order valence-electron chi connectivity index (χ0n) is 25.1. The van der Waals surface area contributed by atoms with Gasteiger partial charge in [-0.15, -0.1) is 0 Å². The molecule has 0 heterocycles. The summed E-state index contributed by atoms with van der Waals surface area (Å²) < 4.78 is 26.2. The Hall–Kier alpha value is -1.78. The number of carbonyl (C=O) groups excluding carboxylic acids is 2. The van der Waals surface area contributed by atoms with Crippen LogP contribution in [0, 0.1) is 0 Å². The molecule has 0 saturated carbocycles. The molecule has 12 heteroatoms. The number of phosphoric ester groups is 1. The van der Waals surface area contributed by atoms with Gasteiger partial charge in [-0.3, -0.25) is 18.6 Å². The average molecular weight is 608 g/mol. The number of aliphatic carboxylic acids is 1. The molecule has 0 fully saturated rings. The molecule has 0 rings (SSSR count). The number of carbonyl (C=O) groups is 3. The van der Waals surface area contributed by atoms with Gasteiger partial charge >= 0.3 is 19.8 Å². The molecule has 0 bridgehead atoms. The number of unbranched alkanes of at least 4 members (excludes halogenated alkanes) is 12. The molecule has 0 spiro atoms. The highest BCUT2D eigenvalue weighted by Gasteiger charge is 2.28. The van der Waals surface area contributed by atoms with Gasteiger partial charge in [0.25, 0.3) is 0 Å². The van der Waals surface area contributed by atoms with E-state index in [-0.39, 0.29) is 12.8 Å². The maximum atomic E-state index is 12.0. The van der Waals surface area contributed by atoms with Crippen molar-refractivity contribution in [2.75, 3.05) is 19.8 Å². The van der Waals surface area contributed by atoms with Gasteiger partial charge in [-0.05, 0) is 38.5 Å². The number of rotatable bonds is 28. The van der Waals surface area contributed by atoms with Gasteiger partial charge in [0.05, 0.1) is 13.2 Å². The molecule has 1 amide bonds. The molecule has 0 saturated heterocycles. The number of hydrogen-bond acceptors (Lipinski definition) is 8. The van der Waals surface area contributed by atoms with Crippen molar-refractivity contribution in [3.63, 3.8) is 0 Å². The minimum absolute atomic E-state index is 0.0965. The molecular formula is C29H54NO10P. The van der Waals surface area contributed by atoms with Crippen LogP contribution >= 0.6 is 7.82 Å². The lowest BCUT2D eigenvalue weighted by Crippen LogP contribution is -2.43. The van der Waals surface area contributed by atoms with E-state index in [9.17, 15) is 28.9 Å². The Balaban J connectivity index is 3.82. The molecule has 3 atom stereocenters. The molecule has 0 aromatic carbocycles. The Morgan fingerprint density at radius 3 is 1.85 bits per heavy atom. The third-order valence-electron chi connectivity index (χ3n) is 6.27. The minimum atomic E-state index is -4.71. The number of ether oxygens (including phenoxy) is 1. The number of carboxylic acid groups (broad SMARTS) is 1. The molecule has 41 heavy (non-hydrogen) atoms. The highest BCUT2D eigenvalue weighted by molar-refractivity contribution is 7.47. The van der Waals surface area contributed by atoms with Crippen LogP contribution in [0.25, 0.3) is 0 Å². The maximum Gasteiger partial charge on any atom is 0.472 e. The molecule has 0 aromatic heterocycles. The summed E-state index contributed by atoms with van der Waals surface area (Å²) in [6, 6.07) is -1.54. The first-order chi connectivity index (χ1) is 19.6. The summed E-state index contributed by atoms with van der Waals surface area (Å²) in [5.74, 6) is -2.46. The van der Waals surface area contributed by atoms with Crippen LogP contribution in [-0.4, -0.2) is 64.9 Å². The highest BCUT2D eigenvalue weighted by atomic mass is 31.2. The quantitative estimate of drug-likeness (QED) is 0.0368. The molecule has 11 nitrogen and oxygen atoms in total. The van der Waals surface area contributed by atoms with Crippen molar-refractivity contribution >= 4 is 25.7 Å². The van der Waals surface area contributed by atoms with Gasteiger partial charge in [-0.25, -0.2) is 9.36 Å². The molecule has 0 aliphatic carbocycles. The second kappa shape index (κ2) is 25.9. The lowest BCUT2D eigenvalue weighted by Gasteiger charge is -2.18. The van der Waals surface area contributed by atoms with E-state index in [4.69, 9.17) is 9.84 Å². The standard InChI is InChI=1S/C29H54NO10P/c1-3-5-6-7-8-9-10-11-12-13-14-15-16-17-18-19-21-28(33)38-22-25(31)23-39-41(36,37)40-24-26(29(34)35)30-27(32)20-4-2/h12-13,25-26,31H,3-11,14-24H2,1-2H3,(H,30,32)(H,34,35)(H,36,37)/b13-12-. The predicted octanol–water partition coefficient (Wildman–Crippen LogP) is 5.82. The Morgan fingerprint density at radius 2 is 1.29 bits per heavy atom. The summed E-state index contributed by atoms with van der Waals surface area (Å²) in [5.41, 5.74) is 0. The van der Waals surface area contributed by atoms with Crippen molar-refractivity contribution in [3.05, 3.63) is 12.2 Å². The number of allylic oxidation sites excluding steroid dienone is 2. The summed E-state index contributed by atoms with van der Waals surface area (Å²) in [6.07, 6.45) is 20.4. The van der Waals surface area contributed by atoms with E-state index in [0.29, 0.717) is 12.8 Å². The van der Waals surface area contributed by atoms with Crippen LogP contribution in [0.4, 0.5) is 0 Å². The van der Waals surface area contributed by atoms with Crippen molar-refractivity contribution in [2.45, 2.75) is 135 Å². The third kappa shape index (κ3) is 25.6. The summed E-state index contributed by atoms with van der Waals surface area (Å²) in [7, 11) is -4.71. The van der Waals surface area contributed by atoms with Gasteiger partial charge in [0, 0.05) is 12.8 Å².